The Labute approximate surface area is 99.0 Å². The van der Waals surface area contributed by atoms with E-state index in [-0.39, 0.29) is 0 Å². The zero-order valence-corrected chi connectivity index (χ0v) is 9.82. The highest BCUT2D eigenvalue weighted by Gasteiger charge is 2.22. The van der Waals surface area contributed by atoms with Crippen LogP contribution in [-0.2, 0) is 0 Å². The fourth-order valence-electron chi connectivity index (χ4n) is 2.62. The summed E-state index contributed by atoms with van der Waals surface area (Å²) in [7, 11) is 0. The average molecular weight is 232 g/mol. The first kappa shape index (κ1) is 10.4. The van der Waals surface area contributed by atoms with E-state index < -0.39 is 5.76 Å². The van der Waals surface area contributed by atoms with Crippen LogP contribution in [0.5, 0.6) is 0 Å². The maximum Gasteiger partial charge on any atom is 0.417 e. The first-order valence-electron chi connectivity index (χ1n) is 6.12. The molecule has 1 fully saturated rings. The van der Waals surface area contributed by atoms with Gasteiger partial charge < -0.3 is 9.73 Å². The first-order valence-corrected chi connectivity index (χ1v) is 6.12. The third-order valence-corrected chi connectivity index (χ3v) is 3.63. The number of rotatable bonds is 2. The molecule has 1 aromatic heterocycles. The van der Waals surface area contributed by atoms with E-state index in [2.05, 4.69) is 17.2 Å². The minimum absolute atomic E-state index is 0.397. The number of benzene rings is 1. The number of aromatic nitrogens is 1. The third kappa shape index (κ3) is 1.95. The van der Waals surface area contributed by atoms with Gasteiger partial charge in [-0.1, -0.05) is 13.3 Å². The Morgan fingerprint density at radius 2 is 2.29 bits per heavy atom. The summed E-state index contributed by atoms with van der Waals surface area (Å²) in [5, 5.41) is 3.53. The van der Waals surface area contributed by atoms with E-state index in [1.54, 1.807) is 0 Å². The minimum Gasteiger partial charge on any atom is -0.408 e. The molecule has 1 aliphatic carbocycles. The van der Waals surface area contributed by atoms with Crippen molar-refractivity contribution in [1.29, 1.82) is 0 Å². The van der Waals surface area contributed by atoms with Crippen molar-refractivity contribution >= 4 is 16.8 Å². The van der Waals surface area contributed by atoms with Crippen molar-refractivity contribution in [3.8, 4) is 0 Å². The Morgan fingerprint density at radius 1 is 1.41 bits per heavy atom. The van der Waals surface area contributed by atoms with Gasteiger partial charge in [-0.15, -0.1) is 0 Å². The normalized spacial score (nSPS) is 24.3. The van der Waals surface area contributed by atoms with Gasteiger partial charge in [-0.2, -0.15) is 0 Å². The SMILES string of the molecule is CC1CCCC1Nc1ccc2oc(=O)[nH]c2c1. The zero-order chi connectivity index (χ0) is 11.8. The van der Waals surface area contributed by atoms with E-state index in [4.69, 9.17) is 4.42 Å². The molecule has 0 amide bonds. The van der Waals surface area contributed by atoms with Crippen LogP contribution >= 0.6 is 0 Å². The molecule has 17 heavy (non-hydrogen) atoms. The van der Waals surface area contributed by atoms with Gasteiger partial charge in [-0.05, 0) is 37.0 Å². The topological polar surface area (TPSA) is 58.0 Å². The van der Waals surface area contributed by atoms with Gasteiger partial charge in [0.2, 0.25) is 0 Å². The predicted molar refractivity (Wildman–Crippen MR) is 67.3 cm³/mol. The lowest BCUT2D eigenvalue weighted by atomic mass is 10.1. The molecule has 3 rings (SSSR count). The standard InChI is InChI=1S/C13H16N2O2/c1-8-3-2-4-10(8)14-9-5-6-12-11(7-9)15-13(16)17-12/h5-8,10,14H,2-4H2,1H3,(H,15,16). The van der Waals surface area contributed by atoms with Crippen LogP contribution in [0.15, 0.2) is 27.4 Å². The van der Waals surface area contributed by atoms with Crippen LogP contribution in [0.3, 0.4) is 0 Å². The fraction of sp³-hybridized carbons (Fsp3) is 0.462. The van der Waals surface area contributed by atoms with Crippen LogP contribution in [0, 0.1) is 5.92 Å². The van der Waals surface area contributed by atoms with E-state index in [1.807, 2.05) is 18.2 Å². The number of H-pyrrole nitrogens is 1. The Balaban J connectivity index is 1.87. The summed E-state index contributed by atoms with van der Waals surface area (Å²) in [6.07, 6.45) is 3.81. The molecule has 90 valence electrons. The van der Waals surface area contributed by atoms with Crippen molar-refractivity contribution in [2.24, 2.45) is 5.92 Å². The average Bonchev–Trinajstić information content (AvgIpc) is 2.84. The highest BCUT2D eigenvalue weighted by atomic mass is 16.4. The summed E-state index contributed by atoms with van der Waals surface area (Å²) in [6.45, 7) is 2.28. The maximum absolute atomic E-state index is 11.1. The molecule has 4 nitrogen and oxygen atoms in total. The van der Waals surface area contributed by atoms with Gasteiger partial charge in [0.1, 0.15) is 0 Å². The van der Waals surface area contributed by atoms with Crippen molar-refractivity contribution in [2.45, 2.75) is 32.2 Å². The highest BCUT2D eigenvalue weighted by Crippen LogP contribution is 2.28. The van der Waals surface area contributed by atoms with Gasteiger partial charge in [0.15, 0.2) is 5.58 Å². The molecule has 0 aliphatic heterocycles. The van der Waals surface area contributed by atoms with Crippen LogP contribution in [-0.4, -0.2) is 11.0 Å². The van der Waals surface area contributed by atoms with Gasteiger partial charge in [0.25, 0.3) is 0 Å². The van der Waals surface area contributed by atoms with Crippen LogP contribution in [0.4, 0.5) is 5.69 Å². The van der Waals surface area contributed by atoms with Crippen molar-refractivity contribution in [1.82, 2.24) is 4.98 Å². The smallest absolute Gasteiger partial charge is 0.408 e. The number of fused-ring (bicyclic) bond motifs is 1. The largest absolute Gasteiger partial charge is 0.417 e. The van der Waals surface area contributed by atoms with Gasteiger partial charge in [-0.25, -0.2) is 4.79 Å². The molecule has 2 atom stereocenters. The predicted octanol–water partition coefficient (Wildman–Crippen LogP) is 2.72. The molecule has 1 heterocycles. The van der Waals surface area contributed by atoms with Crippen LogP contribution < -0.4 is 11.1 Å². The molecule has 4 heteroatoms. The molecule has 0 spiro atoms. The van der Waals surface area contributed by atoms with E-state index in [0.717, 1.165) is 11.2 Å². The van der Waals surface area contributed by atoms with Crippen molar-refractivity contribution in [2.75, 3.05) is 5.32 Å². The molecular formula is C13H16N2O2. The van der Waals surface area contributed by atoms with Gasteiger partial charge >= 0.3 is 5.76 Å². The number of hydrogen-bond donors (Lipinski definition) is 2. The quantitative estimate of drug-likeness (QED) is 0.837. The molecule has 1 saturated carbocycles. The fourth-order valence-corrected chi connectivity index (χ4v) is 2.62. The van der Waals surface area contributed by atoms with E-state index in [1.165, 1.54) is 19.3 Å². The number of aromatic amines is 1. The second-order valence-electron chi connectivity index (χ2n) is 4.88. The summed E-state index contributed by atoms with van der Waals surface area (Å²) in [5.74, 6) is 0.320. The molecule has 0 bridgehead atoms. The van der Waals surface area contributed by atoms with Crippen LogP contribution in [0.25, 0.3) is 11.1 Å². The Hall–Kier alpha value is -1.71. The number of nitrogens with one attached hydrogen (secondary N) is 2. The molecule has 0 radical (unpaired) electrons. The maximum atomic E-state index is 11.1. The molecular weight excluding hydrogens is 216 g/mol. The third-order valence-electron chi connectivity index (χ3n) is 3.63. The lowest BCUT2D eigenvalue weighted by Gasteiger charge is -2.18. The van der Waals surface area contributed by atoms with Crippen molar-refractivity contribution in [3.05, 3.63) is 28.7 Å². The van der Waals surface area contributed by atoms with Crippen molar-refractivity contribution in [3.63, 3.8) is 0 Å². The number of oxazole rings is 1. The molecule has 1 aromatic carbocycles. The van der Waals surface area contributed by atoms with E-state index >= 15 is 0 Å². The Kier molecular flexibility index (Phi) is 2.42. The molecule has 2 N–H and O–H groups in total. The van der Waals surface area contributed by atoms with E-state index in [9.17, 15) is 4.79 Å². The summed E-state index contributed by atoms with van der Waals surface area (Å²) in [6, 6.07) is 6.27. The lowest BCUT2D eigenvalue weighted by Crippen LogP contribution is -2.21. The van der Waals surface area contributed by atoms with E-state index in [0.29, 0.717) is 17.5 Å². The highest BCUT2D eigenvalue weighted by molar-refractivity contribution is 5.76. The van der Waals surface area contributed by atoms with Gasteiger partial charge in [0.05, 0.1) is 5.52 Å². The Bertz CT molecular complexity index is 584. The van der Waals surface area contributed by atoms with Crippen molar-refractivity contribution < 1.29 is 4.42 Å². The monoisotopic (exact) mass is 232 g/mol. The summed E-state index contributed by atoms with van der Waals surface area (Å²) >= 11 is 0. The second-order valence-corrected chi connectivity index (χ2v) is 4.88. The Morgan fingerprint density at radius 3 is 3.06 bits per heavy atom. The molecule has 1 aliphatic rings. The zero-order valence-electron chi connectivity index (χ0n) is 9.82. The molecule has 2 aromatic rings. The number of hydrogen-bond acceptors (Lipinski definition) is 3. The molecule has 0 saturated heterocycles. The summed E-state index contributed by atoms with van der Waals surface area (Å²) in [5.41, 5.74) is 2.42. The first-order chi connectivity index (χ1) is 8.22. The molecule has 2 unspecified atom stereocenters. The summed E-state index contributed by atoms with van der Waals surface area (Å²) in [4.78, 5) is 13.7. The second kappa shape index (κ2) is 3.95. The summed E-state index contributed by atoms with van der Waals surface area (Å²) < 4.78 is 4.98. The van der Waals surface area contributed by atoms with Gasteiger partial charge in [0, 0.05) is 11.7 Å². The minimum atomic E-state index is -0.397. The number of anilines is 1. The van der Waals surface area contributed by atoms with Crippen LogP contribution in [0.1, 0.15) is 26.2 Å². The van der Waals surface area contributed by atoms with Gasteiger partial charge in [-0.3, -0.25) is 4.98 Å². The lowest BCUT2D eigenvalue weighted by molar-refractivity contribution is 0.554. The van der Waals surface area contributed by atoms with Crippen LogP contribution in [0.2, 0.25) is 0 Å².